The third-order valence-corrected chi connectivity index (χ3v) is 7.09. The molecule has 2 aromatic rings. The molecule has 1 amide bonds. The highest BCUT2D eigenvalue weighted by atomic mass is 35.5. The molecule has 2 bridgehead atoms. The van der Waals surface area contributed by atoms with Crippen molar-refractivity contribution in [3.05, 3.63) is 52.8 Å². The number of amides is 1. The molecule has 0 spiro atoms. The zero-order valence-corrected chi connectivity index (χ0v) is 20.7. The summed E-state index contributed by atoms with van der Waals surface area (Å²) in [6.45, 7) is 7.61. The van der Waals surface area contributed by atoms with Crippen molar-refractivity contribution in [2.45, 2.75) is 44.8 Å². The minimum atomic E-state index is -0.446. The second kappa shape index (κ2) is 9.79. The molecule has 4 atom stereocenters. The van der Waals surface area contributed by atoms with E-state index in [4.69, 9.17) is 21.7 Å². The SMILES string of the molecule is CC(C)CN1C2CCN1CC(Oc1cc(F)ccc1C(=O)N1CC(=N)C(c3ncc(Cl)cn3)C1)C2. The van der Waals surface area contributed by atoms with Crippen molar-refractivity contribution < 1.29 is 13.9 Å². The third-order valence-electron chi connectivity index (χ3n) is 6.90. The maximum atomic E-state index is 14.2. The Morgan fingerprint density at radius 2 is 2.06 bits per heavy atom. The zero-order valence-electron chi connectivity index (χ0n) is 20.0. The number of carbonyl (C=O) groups is 1. The average Bonchev–Trinajstić information content (AvgIpc) is 3.29. The van der Waals surface area contributed by atoms with Gasteiger partial charge in [0.05, 0.1) is 29.6 Å². The maximum absolute atomic E-state index is 14.2. The molecule has 0 radical (unpaired) electrons. The summed E-state index contributed by atoms with van der Waals surface area (Å²) in [7, 11) is 0. The molecular weight excluding hydrogens is 471 g/mol. The molecule has 4 unspecified atom stereocenters. The van der Waals surface area contributed by atoms with Gasteiger partial charge in [0.2, 0.25) is 0 Å². The fraction of sp³-hybridized carbons (Fsp3) is 0.520. The minimum Gasteiger partial charge on any atom is -0.488 e. The predicted molar refractivity (Wildman–Crippen MR) is 130 cm³/mol. The number of fused-ring (bicyclic) bond motifs is 2. The van der Waals surface area contributed by atoms with Crippen LogP contribution in [0.4, 0.5) is 4.39 Å². The van der Waals surface area contributed by atoms with E-state index in [-0.39, 0.29) is 30.9 Å². The van der Waals surface area contributed by atoms with Crippen LogP contribution in [0.3, 0.4) is 0 Å². The summed E-state index contributed by atoms with van der Waals surface area (Å²) in [5, 5.41) is 13.6. The van der Waals surface area contributed by atoms with Crippen molar-refractivity contribution in [2.24, 2.45) is 5.92 Å². The number of hydrogen-bond acceptors (Lipinski definition) is 7. The molecule has 8 nitrogen and oxygen atoms in total. The molecule has 0 aliphatic carbocycles. The number of hydrogen-bond donors (Lipinski definition) is 1. The van der Waals surface area contributed by atoms with Gasteiger partial charge in [-0.3, -0.25) is 4.79 Å². The van der Waals surface area contributed by atoms with Crippen LogP contribution in [-0.4, -0.2) is 81.4 Å². The first kappa shape index (κ1) is 24.1. The van der Waals surface area contributed by atoms with Gasteiger partial charge < -0.3 is 15.0 Å². The molecule has 3 saturated heterocycles. The molecule has 3 aliphatic rings. The van der Waals surface area contributed by atoms with Crippen LogP contribution in [0, 0.1) is 17.1 Å². The number of nitrogens with one attached hydrogen (secondary N) is 1. The van der Waals surface area contributed by atoms with Crippen molar-refractivity contribution in [1.82, 2.24) is 24.9 Å². The van der Waals surface area contributed by atoms with Crippen LogP contribution >= 0.6 is 11.6 Å². The summed E-state index contributed by atoms with van der Waals surface area (Å²) < 4.78 is 20.5. The molecule has 5 rings (SSSR count). The molecule has 3 aliphatic heterocycles. The Balaban J connectivity index is 1.31. The van der Waals surface area contributed by atoms with Gasteiger partial charge in [-0.1, -0.05) is 25.4 Å². The minimum absolute atomic E-state index is 0.119. The van der Waals surface area contributed by atoms with Crippen LogP contribution < -0.4 is 4.74 Å². The van der Waals surface area contributed by atoms with Crippen LogP contribution in [0.5, 0.6) is 5.75 Å². The second-order valence-electron chi connectivity index (χ2n) is 10.0. The summed E-state index contributed by atoms with van der Waals surface area (Å²) in [5.74, 6) is 0.165. The Hall–Kier alpha value is -2.62. The molecule has 186 valence electrons. The number of ether oxygens (including phenoxy) is 1. The molecule has 1 N–H and O–H groups in total. The number of rotatable bonds is 6. The normalized spacial score (nSPS) is 26.5. The Kier molecular flexibility index (Phi) is 6.74. The average molecular weight is 501 g/mol. The molecule has 3 fully saturated rings. The lowest BCUT2D eigenvalue weighted by Crippen LogP contribution is -2.53. The van der Waals surface area contributed by atoms with Gasteiger partial charge in [-0.15, -0.1) is 0 Å². The summed E-state index contributed by atoms with van der Waals surface area (Å²) >= 11 is 5.88. The standard InChI is InChI=1S/C25H30ClFN6O2/c1-15(2)11-33-18-5-6-32(33)12-19(8-18)35-23-7-17(27)3-4-20(23)25(34)31-13-21(22(28)14-31)24-29-9-16(26)10-30-24/h3-4,7,9-10,15,18-19,21,28H,5-6,8,11-14H2,1-2H3. The molecule has 0 saturated carbocycles. The lowest BCUT2D eigenvalue weighted by atomic mass is 10.0. The van der Waals surface area contributed by atoms with Crippen LogP contribution in [-0.2, 0) is 0 Å². The molecule has 4 heterocycles. The summed E-state index contributed by atoms with van der Waals surface area (Å²) in [5.41, 5.74) is 0.663. The molecular formula is C25H30ClFN6O2. The van der Waals surface area contributed by atoms with Crippen molar-refractivity contribution in [3.8, 4) is 5.75 Å². The van der Waals surface area contributed by atoms with E-state index in [0.717, 1.165) is 32.5 Å². The van der Waals surface area contributed by atoms with Crippen molar-refractivity contribution in [1.29, 1.82) is 5.41 Å². The van der Waals surface area contributed by atoms with Crippen LogP contribution in [0.15, 0.2) is 30.6 Å². The van der Waals surface area contributed by atoms with Crippen LogP contribution in [0.25, 0.3) is 0 Å². The molecule has 1 aromatic heterocycles. The number of halogens is 2. The smallest absolute Gasteiger partial charge is 0.257 e. The van der Waals surface area contributed by atoms with Gasteiger partial charge in [0.15, 0.2) is 0 Å². The van der Waals surface area contributed by atoms with Gasteiger partial charge in [0.25, 0.3) is 5.91 Å². The number of aromatic nitrogens is 2. The monoisotopic (exact) mass is 500 g/mol. The first-order chi connectivity index (χ1) is 16.8. The van der Waals surface area contributed by atoms with E-state index in [1.54, 1.807) is 4.90 Å². The van der Waals surface area contributed by atoms with Crippen LogP contribution in [0.2, 0.25) is 5.02 Å². The molecule has 10 heteroatoms. The van der Waals surface area contributed by atoms with Gasteiger partial charge in [0, 0.05) is 56.3 Å². The van der Waals surface area contributed by atoms with Crippen molar-refractivity contribution >= 4 is 23.2 Å². The fourth-order valence-corrected chi connectivity index (χ4v) is 5.40. The number of carbonyl (C=O) groups excluding carboxylic acids is 1. The lowest BCUT2D eigenvalue weighted by molar-refractivity contribution is -0.0800. The zero-order chi connectivity index (χ0) is 24.7. The largest absolute Gasteiger partial charge is 0.488 e. The Bertz CT molecular complexity index is 1100. The van der Waals surface area contributed by atoms with E-state index < -0.39 is 11.7 Å². The van der Waals surface area contributed by atoms with E-state index in [2.05, 4.69) is 33.8 Å². The van der Waals surface area contributed by atoms with E-state index >= 15 is 0 Å². The quantitative estimate of drug-likeness (QED) is 0.652. The van der Waals surface area contributed by atoms with Gasteiger partial charge in [0.1, 0.15) is 23.5 Å². The van der Waals surface area contributed by atoms with Gasteiger partial charge in [-0.05, 0) is 24.5 Å². The highest BCUT2D eigenvalue weighted by Gasteiger charge is 2.41. The Morgan fingerprint density at radius 3 is 2.77 bits per heavy atom. The van der Waals surface area contributed by atoms with Gasteiger partial charge in [-0.25, -0.2) is 24.4 Å². The lowest BCUT2D eigenvalue weighted by Gasteiger charge is -2.41. The predicted octanol–water partition coefficient (Wildman–Crippen LogP) is 3.63. The van der Waals surface area contributed by atoms with Gasteiger partial charge in [-0.2, -0.15) is 0 Å². The van der Waals surface area contributed by atoms with E-state index in [1.807, 2.05) is 0 Å². The first-order valence-corrected chi connectivity index (χ1v) is 12.5. The maximum Gasteiger partial charge on any atom is 0.257 e. The van der Waals surface area contributed by atoms with Crippen molar-refractivity contribution in [2.75, 3.05) is 32.7 Å². The third kappa shape index (κ3) is 5.03. The Morgan fingerprint density at radius 1 is 1.29 bits per heavy atom. The number of likely N-dealkylation sites (tertiary alicyclic amines) is 1. The van der Waals surface area contributed by atoms with E-state index in [0.29, 0.717) is 34.1 Å². The summed E-state index contributed by atoms with van der Waals surface area (Å²) in [6.07, 6.45) is 4.79. The fourth-order valence-electron chi connectivity index (χ4n) is 5.30. The number of hydrazine groups is 1. The second-order valence-corrected chi connectivity index (χ2v) is 10.4. The molecule has 1 aromatic carbocycles. The summed E-state index contributed by atoms with van der Waals surface area (Å²) in [6, 6.07) is 4.46. The topological polar surface area (TPSA) is 85.7 Å². The Labute approximate surface area is 209 Å². The summed E-state index contributed by atoms with van der Waals surface area (Å²) in [4.78, 5) is 23.5. The van der Waals surface area contributed by atoms with E-state index in [9.17, 15) is 9.18 Å². The van der Waals surface area contributed by atoms with Crippen molar-refractivity contribution in [3.63, 3.8) is 0 Å². The number of benzene rings is 1. The van der Waals surface area contributed by atoms with E-state index in [1.165, 1.54) is 30.6 Å². The van der Waals surface area contributed by atoms with Crippen LogP contribution in [0.1, 0.15) is 48.8 Å². The molecule has 35 heavy (non-hydrogen) atoms. The highest BCUT2D eigenvalue weighted by Crippen LogP contribution is 2.33. The highest BCUT2D eigenvalue weighted by molar-refractivity contribution is 6.30. The number of nitrogens with zero attached hydrogens (tertiary/aromatic N) is 5. The first-order valence-electron chi connectivity index (χ1n) is 12.1. The van der Waals surface area contributed by atoms with Gasteiger partial charge >= 0.3 is 0 Å².